The van der Waals surface area contributed by atoms with Crippen molar-refractivity contribution in [2.75, 3.05) is 0 Å². The summed E-state index contributed by atoms with van der Waals surface area (Å²) in [4.78, 5) is 16.0. The maximum atomic E-state index is 6.72. The molecule has 0 unspecified atom stereocenters. The van der Waals surface area contributed by atoms with Crippen LogP contribution in [0.1, 0.15) is 0 Å². The molecule has 0 radical (unpaired) electrons. The van der Waals surface area contributed by atoms with Gasteiger partial charge in [-0.2, -0.15) is 0 Å². The molecule has 57 heavy (non-hydrogen) atoms. The van der Waals surface area contributed by atoms with Crippen LogP contribution < -0.4 is 0 Å². The Hall–Kier alpha value is -7.41. The lowest BCUT2D eigenvalue weighted by Crippen LogP contribution is -2.01. The zero-order chi connectivity index (χ0) is 37.5. The van der Waals surface area contributed by atoms with E-state index in [0.29, 0.717) is 17.5 Å². The molecule has 5 nitrogen and oxygen atoms in total. The van der Waals surface area contributed by atoms with Crippen LogP contribution >= 0.6 is 11.3 Å². The number of hydrogen-bond acceptors (Lipinski definition) is 5. The Bertz CT molecular complexity index is 3530. The number of fused-ring (bicyclic) bond motifs is 10. The summed E-state index contributed by atoms with van der Waals surface area (Å²) in [5, 5.41) is 6.69. The predicted octanol–water partition coefficient (Wildman–Crippen LogP) is 13.9. The van der Waals surface area contributed by atoms with Gasteiger partial charge in [0.1, 0.15) is 11.2 Å². The Balaban J connectivity index is 1.18. The molecule has 0 atom stereocenters. The average Bonchev–Trinajstić information content (AvgIpc) is 3.96. The van der Waals surface area contributed by atoms with Gasteiger partial charge in [0.25, 0.3) is 0 Å². The second-order valence-corrected chi connectivity index (χ2v) is 15.4. The van der Waals surface area contributed by atoms with Crippen molar-refractivity contribution in [3.05, 3.63) is 182 Å². The molecule has 12 aromatic rings. The predicted molar refractivity (Wildman–Crippen MR) is 236 cm³/mol. The van der Waals surface area contributed by atoms with Crippen molar-refractivity contribution in [3.63, 3.8) is 0 Å². The van der Waals surface area contributed by atoms with Crippen LogP contribution in [0.4, 0.5) is 0 Å². The van der Waals surface area contributed by atoms with Gasteiger partial charge in [-0.3, -0.25) is 0 Å². The first-order chi connectivity index (χ1) is 28.3. The second-order valence-electron chi connectivity index (χ2n) is 14.3. The van der Waals surface area contributed by atoms with Gasteiger partial charge >= 0.3 is 0 Å². The Morgan fingerprint density at radius 2 is 1.02 bits per heavy atom. The number of benzene rings is 8. The maximum Gasteiger partial charge on any atom is 0.164 e. The van der Waals surface area contributed by atoms with E-state index < -0.39 is 0 Å². The SMILES string of the molecule is c1ccc(-c2cccc(-c3nc(-c4cccc5sc6ccccc6c45)nc(-c4cccc5oc6ccc7c8ccccc8n(-c8ccccc8)c7c6c45)n3)c2)cc1. The van der Waals surface area contributed by atoms with Gasteiger partial charge in [0, 0.05) is 58.7 Å². The van der Waals surface area contributed by atoms with Crippen molar-refractivity contribution >= 4 is 75.3 Å². The fraction of sp³-hybridized carbons (Fsp3) is 0. The fourth-order valence-electron chi connectivity index (χ4n) is 8.57. The van der Waals surface area contributed by atoms with Gasteiger partial charge < -0.3 is 8.98 Å². The van der Waals surface area contributed by atoms with Gasteiger partial charge in [-0.1, -0.05) is 127 Å². The number of hydrogen-bond donors (Lipinski definition) is 0. The first-order valence-electron chi connectivity index (χ1n) is 19.0. The lowest BCUT2D eigenvalue weighted by Gasteiger charge is -2.12. The highest BCUT2D eigenvalue weighted by Crippen LogP contribution is 2.45. The molecule has 4 heterocycles. The lowest BCUT2D eigenvalue weighted by molar-refractivity contribution is 0.669. The number of rotatable bonds is 5. The van der Waals surface area contributed by atoms with E-state index in [4.69, 9.17) is 19.4 Å². The van der Waals surface area contributed by atoms with Crippen molar-refractivity contribution in [1.82, 2.24) is 19.5 Å². The second kappa shape index (κ2) is 12.6. The van der Waals surface area contributed by atoms with E-state index in [1.165, 1.54) is 20.2 Å². The minimum Gasteiger partial charge on any atom is -0.456 e. The highest BCUT2D eigenvalue weighted by Gasteiger charge is 2.23. The van der Waals surface area contributed by atoms with Gasteiger partial charge in [0.2, 0.25) is 0 Å². The van der Waals surface area contributed by atoms with Crippen LogP contribution in [-0.4, -0.2) is 19.5 Å². The molecule has 0 saturated heterocycles. The third-order valence-corrected chi connectivity index (χ3v) is 12.2. The van der Waals surface area contributed by atoms with E-state index in [-0.39, 0.29) is 0 Å². The molecule has 0 aliphatic carbocycles. The molecule has 6 heteroatoms. The lowest BCUT2D eigenvalue weighted by atomic mass is 10.0. The van der Waals surface area contributed by atoms with E-state index in [2.05, 4.69) is 168 Å². The summed E-state index contributed by atoms with van der Waals surface area (Å²) in [6.45, 7) is 0. The number of para-hydroxylation sites is 2. The van der Waals surface area contributed by atoms with Crippen molar-refractivity contribution in [3.8, 4) is 51.0 Å². The molecule has 0 fully saturated rings. The van der Waals surface area contributed by atoms with Crippen molar-refractivity contribution < 1.29 is 4.42 Å². The molecule has 0 saturated carbocycles. The minimum atomic E-state index is 0.587. The van der Waals surface area contributed by atoms with E-state index >= 15 is 0 Å². The van der Waals surface area contributed by atoms with Gasteiger partial charge in [-0.25, -0.2) is 15.0 Å². The summed E-state index contributed by atoms with van der Waals surface area (Å²) in [6.07, 6.45) is 0. The normalized spacial score (nSPS) is 11.9. The van der Waals surface area contributed by atoms with Crippen LogP contribution in [0.3, 0.4) is 0 Å². The van der Waals surface area contributed by atoms with E-state index in [1.807, 2.05) is 18.2 Å². The molecule has 8 aromatic carbocycles. The van der Waals surface area contributed by atoms with Crippen LogP contribution in [0.25, 0.3) is 115 Å². The quantitative estimate of drug-likeness (QED) is 0.176. The van der Waals surface area contributed by atoms with Crippen LogP contribution in [0, 0.1) is 0 Å². The van der Waals surface area contributed by atoms with Crippen molar-refractivity contribution in [1.29, 1.82) is 0 Å². The summed E-state index contributed by atoms with van der Waals surface area (Å²) in [5.41, 5.74) is 9.91. The molecule has 0 N–H and O–H groups in total. The van der Waals surface area contributed by atoms with Crippen LogP contribution in [0.2, 0.25) is 0 Å². The average molecular weight is 747 g/mol. The molecule has 266 valence electrons. The highest BCUT2D eigenvalue weighted by molar-refractivity contribution is 7.25. The van der Waals surface area contributed by atoms with Gasteiger partial charge in [-0.05, 0) is 65.7 Å². The first kappa shape index (κ1) is 31.9. The summed E-state index contributed by atoms with van der Waals surface area (Å²) in [5.74, 6) is 1.82. The Morgan fingerprint density at radius 1 is 0.404 bits per heavy atom. The number of furan rings is 1. The summed E-state index contributed by atoms with van der Waals surface area (Å²) in [6, 6.07) is 63.6. The molecule has 0 spiro atoms. The van der Waals surface area contributed by atoms with Gasteiger partial charge in [-0.15, -0.1) is 11.3 Å². The van der Waals surface area contributed by atoms with E-state index in [1.54, 1.807) is 11.3 Å². The third-order valence-electron chi connectivity index (χ3n) is 11.1. The molecule has 12 rings (SSSR count). The molecular formula is C51H30N4OS. The summed E-state index contributed by atoms with van der Waals surface area (Å²) < 4.78 is 11.5. The highest BCUT2D eigenvalue weighted by atomic mass is 32.1. The molecule has 0 aliphatic rings. The van der Waals surface area contributed by atoms with E-state index in [0.717, 1.165) is 77.2 Å². The third kappa shape index (κ3) is 4.98. The van der Waals surface area contributed by atoms with Crippen LogP contribution in [0.5, 0.6) is 0 Å². The summed E-state index contributed by atoms with van der Waals surface area (Å²) in [7, 11) is 0. The molecule has 0 bridgehead atoms. The maximum absolute atomic E-state index is 6.72. The zero-order valence-corrected chi connectivity index (χ0v) is 31.2. The standard InChI is InChI=1S/C51H30N4OS/c1-3-14-31(15-4-1)32-16-11-17-33(30-32)49-52-50(38-23-13-27-44-45(38)37-21-8-10-26-43(37)57-44)54-51(53-49)39-22-12-25-41-46(39)47-42(56-41)29-28-36-35-20-7-9-24-40(35)55(48(36)47)34-18-5-2-6-19-34/h1-30H. The molecular weight excluding hydrogens is 717 g/mol. The first-order valence-corrected chi connectivity index (χ1v) is 19.8. The fourth-order valence-corrected chi connectivity index (χ4v) is 9.70. The Labute approximate surface area is 330 Å². The smallest absolute Gasteiger partial charge is 0.164 e. The van der Waals surface area contributed by atoms with Gasteiger partial charge in [0.05, 0.1) is 16.4 Å². The number of aromatic nitrogens is 4. The monoisotopic (exact) mass is 746 g/mol. The number of nitrogens with zero attached hydrogens (tertiary/aromatic N) is 4. The molecule has 0 aliphatic heterocycles. The largest absolute Gasteiger partial charge is 0.456 e. The summed E-state index contributed by atoms with van der Waals surface area (Å²) >= 11 is 1.79. The zero-order valence-electron chi connectivity index (χ0n) is 30.4. The Morgan fingerprint density at radius 3 is 1.86 bits per heavy atom. The van der Waals surface area contributed by atoms with Gasteiger partial charge in [0.15, 0.2) is 17.5 Å². The topological polar surface area (TPSA) is 56.7 Å². The molecule has 4 aromatic heterocycles. The molecule has 0 amide bonds. The van der Waals surface area contributed by atoms with Crippen LogP contribution in [0.15, 0.2) is 186 Å². The Kier molecular flexibility index (Phi) is 7.03. The minimum absolute atomic E-state index is 0.587. The van der Waals surface area contributed by atoms with Crippen LogP contribution in [-0.2, 0) is 0 Å². The van der Waals surface area contributed by atoms with E-state index in [9.17, 15) is 0 Å². The number of thiophene rings is 1. The van der Waals surface area contributed by atoms with Crippen molar-refractivity contribution in [2.24, 2.45) is 0 Å². The van der Waals surface area contributed by atoms with Crippen molar-refractivity contribution in [2.45, 2.75) is 0 Å².